The minimum atomic E-state index is 0.252. The van der Waals surface area contributed by atoms with Crippen LogP contribution in [0.15, 0.2) is 36.9 Å². The van der Waals surface area contributed by atoms with E-state index in [9.17, 15) is 4.79 Å². The molecule has 2 aromatic rings. The topological polar surface area (TPSA) is 71.0 Å². The molecule has 6 heteroatoms. The number of anilines is 3. The standard InChI is InChI=1S/C13H13N5O/c19-11-3-6-18(8-11)13-7-12(15-9-16-13)17-10-1-4-14-5-2-10/h1-2,4-5,7,9H,3,6,8H2,(H,14,15,16,17). The van der Waals surface area contributed by atoms with Gasteiger partial charge in [0.2, 0.25) is 0 Å². The Bertz CT molecular complexity index is 587. The van der Waals surface area contributed by atoms with Crippen molar-refractivity contribution in [3.8, 4) is 0 Å². The van der Waals surface area contributed by atoms with Crippen LogP contribution in [0.3, 0.4) is 0 Å². The van der Waals surface area contributed by atoms with Crippen molar-refractivity contribution in [2.24, 2.45) is 0 Å². The first-order chi connectivity index (χ1) is 9.31. The number of Topliss-reactive ketones (excluding diaryl/α,β-unsaturated/α-hetero) is 1. The molecule has 0 atom stereocenters. The molecule has 0 radical (unpaired) electrons. The van der Waals surface area contributed by atoms with Gasteiger partial charge in [0, 0.05) is 37.1 Å². The predicted molar refractivity (Wildman–Crippen MR) is 71.4 cm³/mol. The fourth-order valence-corrected chi connectivity index (χ4v) is 2.00. The molecule has 0 spiro atoms. The van der Waals surface area contributed by atoms with Crippen LogP contribution in [0.4, 0.5) is 17.3 Å². The summed E-state index contributed by atoms with van der Waals surface area (Å²) >= 11 is 0. The van der Waals surface area contributed by atoms with Crippen molar-refractivity contribution in [2.45, 2.75) is 6.42 Å². The largest absolute Gasteiger partial charge is 0.349 e. The van der Waals surface area contributed by atoms with Crippen molar-refractivity contribution in [3.63, 3.8) is 0 Å². The molecule has 19 heavy (non-hydrogen) atoms. The number of ketones is 1. The van der Waals surface area contributed by atoms with Gasteiger partial charge in [0.05, 0.1) is 6.54 Å². The van der Waals surface area contributed by atoms with Crippen LogP contribution in [0.5, 0.6) is 0 Å². The van der Waals surface area contributed by atoms with E-state index in [4.69, 9.17) is 0 Å². The Hall–Kier alpha value is -2.50. The Morgan fingerprint density at radius 1 is 1.21 bits per heavy atom. The molecule has 0 saturated carbocycles. The van der Waals surface area contributed by atoms with E-state index in [1.807, 2.05) is 23.1 Å². The van der Waals surface area contributed by atoms with E-state index >= 15 is 0 Å². The molecule has 1 aliphatic rings. The molecule has 1 aliphatic heterocycles. The van der Waals surface area contributed by atoms with Gasteiger partial charge in [-0.25, -0.2) is 9.97 Å². The monoisotopic (exact) mass is 255 g/mol. The highest BCUT2D eigenvalue weighted by molar-refractivity contribution is 5.86. The van der Waals surface area contributed by atoms with E-state index in [1.54, 1.807) is 12.4 Å². The molecule has 1 N–H and O–H groups in total. The zero-order valence-electron chi connectivity index (χ0n) is 10.3. The molecule has 0 aromatic carbocycles. The van der Waals surface area contributed by atoms with E-state index in [-0.39, 0.29) is 5.78 Å². The Morgan fingerprint density at radius 3 is 2.79 bits per heavy atom. The number of aromatic nitrogens is 3. The zero-order valence-corrected chi connectivity index (χ0v) is 10.3. The molecular weight excluding hydrogens is 242 g/mol. The quantitative estimate of drug-likeness (QED) is 0.893. The molecule has 0 aliphatic carbocycles. The second-order valence-corrected chi connectivity index (χ2v) is 4.33. The number of rotatable bonds is 3. The van der Waals surface area contributed by atoms with Gasteiger partial charge in [-0.05, 0) is 12.1 Å². The van der Waals surface area contributed by atoms with Gasteiger partial charge in [-0.15, -0.1) is 0 Å². The smallest absolute Gasteiger partial charge is 0.153 e. The van der Waals surface area contributed by atoms with Gasteiger partial charge in [-0.2, -0.15) is 0 Å². The predicted octanol–water partition coefficient (Wildman–Crippen LogP) is 1.39. The zero-order chi connectivity index (χ0) is 13.1. The average molecular weight is 255 g/mol. The molecule has 0 bridgehead atoms. The van der Waals surface area contributed by atoms with Crippen LogP contribution in [0, 0.1) is 0 Å². The minimum absolute atomic E-state index is 0.252. The Morgan fingerprint density at radius 2 is 2.05 bits per heavy atom. The summed E-state index contributed by atoms with van der Waals surface area (Å²) in [4.78, 5) is 25.6. The maximum Gasteiger partial charge on any atom is 0.153 e. The van der Waals surface area contributed by atoms with Crippen LogP contribution in [0.2, 0.25) is 0 Å². The molecule has 96 valence electrons. The van der Waals surface area contributed by atoms with Crippen molar-refractivity contribution in [1.82, 2.24) is 15.0 Å². The van der Waals surface area contributed by atoms with Crippen LogP contribution in [-0.2, 0) is 4.79 Å². The van der Waals surface area contributed by atoms with E-state index in [1.165, 1.54) is 6.33 Å². The van der Waals surface area contributed by atoms with Crippen LogP contribution in [-0.4, -0.2) is 33.8 Å². The number of nitrogens with one attached hydrogen (secondary N) is 1. The SMILES string of the molecule is O=C1CCN(c2cc(Nc3ccncc3)ncn2)C1. The van der Waals surface area contributed by atoms with Crippen molar-refractivity contribution in [3.05, 3.63) is 36.9 Å². The lowest BCUT2D eigenvalue weighted by atomic mass is 10.4. The molecule has 1 fully saturated rings. The molecule has 1 saturated heterocycles. The van der Waals surface area contributed by atoms with E-state index in [0.717, 1.165) is 18.1 Å². The van der Waals surface area contributed by atoms with Gasteiger partial charge in [-0.1, -0.05) is 0 Å². The van der Waals surface area contributed by atoms with Crippen LogP contribution >= 0.6 is 0 Å². The second-order valence-electron chi connectivity index (χ2n) is 4.33. The molecule has 3 rings (SSSR count). The van der Waals surface area contributed by atoms with Crippen LogP contribution < -0.4 is 10.2 Å². The number of carbonyl (C=O) groups is 1. The third kappa shape index (κ3) is 2.67. The first kappa shape index (κ1) is 11.6. The summed E-state index contributed by atoms with van der Waals surface area (Å²) in [6, 6.07) is 5.57. The summed E-state index contributed by atoms with van der Waals surface area (Å²) in [6.45, 7) is 1.16. The highest BCUT2D eigenvalue weighted by Gasteiger charge is 2.20. The molecule has 3 heterocycles. The summed E-state index contributed by atoms with van der Waals surface area (Å²) < 4.78 is 0. The number of hydrogen-bond donors (Lipinski definition) is 1. The summed E-state index contributed by atoms with van der Waals surface area (Å²) in [5.41, 5.74) is 0.914. The van der Waals surface area contributed by atoms with Crippen LogP contribution in [0.1, 0.15) is 6.42 Å². The third-order valence-electron chi connectivity index (χ3n) is 2.96. The lowest BCUT2D eigenvalue weighted by Gasteiger charge is -2.15. The lowest BCUT2D eigenvalue weighted by molar-refractivity contribution is -0.116. The molecule has 6 nitrogen and oxygen atoms in total. The van der Waals surface area contributed by atoms with Gasteiger partial charge < -0.3 is 10.2 Å². The molecule has 2 aromatic heterocycles. The summed E-state index contributed by atoms with van der Waals surface area (Å²) in [7, 11) is 0. The number of carbonyl (C=O) groups excluding carboxylic acids is 1. The Kier molecular flexibility index (Phi) is 3.06. The van der Waals surface area contributed by atoms with Crippen molar-refractivity contribution in [2.75, 3.05) is 23.3 Å². The Balaban J connectivity index is 1.78. The molecule has 0 unspecified atom stereocenters. The maximum atomic E-state index is 11.3. The normalized spacial score (nSPS) is 14.7. The maximum absolute atomic E-state index is 11.3. The molecular formula is C13H13N5O. The Labute approximate surface area is 110 Å². The number of hydrogen-bond acceptors (Lipinski definition) is 6. The summed E-state index contributed by atoms with van der Waals surface area (Å²) in [5, 5.41) is 3.18. The van der Waals surface area contributed by atoms with Crippen molar-refractivity contribution >= 4 is 23.1 Å². The van der Waals surface area contributed by atoms with Gasteiger partial charge in [-0.3, -0.25) is 9.78 Å². The second kappa shape index (κ2) is 5.01. The van der Waals surface area contributed by atoms with Gasteiger partial charge >= 0.3 is 0 Å². The third-order valence-corrected chi connectivity index (χ3v) is 2.96. The lowest BCUT2D eigenvalue weighted by Crippen LogP contribution is -2.20. The summed E-state index contributed by atoms with van der Waals surface area (Å²) in [5.74, 6) is 1.73. The van der Waals surface area contributed by atoms with Gasteiger partial charge in [0.25, 0.3) is 0 Å². The van der Waals surface area contributed by atoms with Crippen LogP contribution in [0.25, 0.3) is 0 Å². The van der Waals surface area contributed by atoms with E-state index in [2.05, 4.69) is 20.3 Å². The first-order valence-corrected chi connectivity index (χ1v) is 6.07. The fourth-order valence-electron chi connectivity index (χ4n) is 2.00. The average Bonchev–Trinajstić information content (AvgIpc) is 2.87. The molecule has 0 amide bonds. The highest BCUT2D eigenvalue weighted by Crippen LogP contribution is 2.20. The number of pyridine rings is 1. The van der Waals surface area contributed by atoms with E-state index in [0.29, 0.717) is 18.8 Å². The van der Waals surface area contributed by atoms with Crippen molar-refractivity contribution in [1.29, 1.82) is 0 Å². The highest BCUT2D eigenvalue weighted by atomic mass is 16.1. The van der Waals surface area contributed by atoms with Gasteiger partial charge in [0.15, 0.2) is 5.78 Å². The van der Waals surface area contributed by atoms with Crippen molar-refractivity contribution < 1.29 is 4.79 Å². The van der Waals surface area contributed by atoms with Gasteiger partial charge in [0.1, 0.15) is 18.0 Å². The fraction of sp³-hybridized carbons (Fsp3) is 0.231. The first-order valence-electron chi connectivity index (χ1n) is 6.07. The van der Waals surface area contributed by atoms with E-state index < -0.39 is 0 Å². The number of nitrogens with zero attached hydrogens (tertiary/aromatic N) is 4. The minimum Gasteiger partial charge on any atom is -0.349 e. The summed E-state index contributed by atoms with van der Waals surface area (Å²) in [6.07, 6.45) is 5.52.